The van der Waals surface area contributed by atoms with Gasteiger partial charge in [0.15, 0.2) is 0 Å². The number of carbonyl (C=O) groups is 3. The minimum absolute atomic E-state index is 0.00768. The Kier molecular flexibility index (Phi) is 5.25. The lowest BCUT2D eigenvalue weighted by molar-refractivity contribution is -0.130. The van der Waals surface area contributed by atoms with Gasteiger partial charge in [-0.1, -0.05) is 36.9 Å². The van der Waals surface area contributed by atoms with E-state index in [1.807, 2.05) is 30.3 Å². The second-order valence-corrected chi connectivity index (χ2v) is 6.91. The predicted molar refractivity (Wildman–Crippen MR) is 93.6 cm³/mol. The van der Waals surface area contributed by atoms with E-state index < -0.39 is 36.2 Å². The molecule has 0 bridgehead atoms. The first-order valence-corrected chi connectivity index (χ1v) is 8.71. The van der Waals surface area contributed by atoms with Crippen molar-refractivity contribution in [3.63, 3.8) is 0 Å². The minimum Gasteiger partial charge on any atom is -0.345 e. The third kappa shape index (κ3) is 4.15. The first-order valence-electron chi connectivity index (χ1n) is 8.71. The van der Waals surface area contributed by atoms with Crippen LogP contribution in [0.4, 0.5) is 8.78 Å². The summed E-state index contributed by atoms with van der Waals surface area (Å²) in [7, 11) is 0. The van der Waals surface area contributed by atoms with Gasteiger partial charge in [0.2, 0.25) is 17.7 Å². The molecule has 1 unspecified atom stereocenters. The predicted octanol–water partition coefficient (Wildman–Crippen LogP) is 1.18. The molecular weight excluding hydrogens is 356 g/mol. The van der Waals surface area contributed by atoms with Crippen molar-refractivity contribution >= 4 is 17.7 Å². The van der Waals surface area contributed by atoms with Gasteiger partial charge >= 0.3 is 0 Å². The normalized spacial score (nSPS) is 24.1. The Balaban J connectivity index is 1.59. The van der Waals surface area contributed by atoms with Crippen LogP contribution in [-0.2, 0) is 20.9 Å². The summed E-state index contributed by atoms with van der Waals surface area (Å²) >= 11 is 0. The number of likely N-dealkylation sites (tertiary alicyclic amines) is 2. The molecule has 0 radical (unpaired) electrons. The molecule has 8 heteroatoms. The lowest BCUT2D eigenvalue weighted by Crippen LogP contribution is -2.49. The molecule has 2 atom stereocenters. The summed E-state index contributed by atoms with van der Waals surface area (Å²) in [4.78, 5) is 38.7. The fourth-order valence-corrected chi connectivity index (χ4v) is 3.43. The van der Waals surface area contributed by atoms with Gasteiger partial charge in [-0.2, -0.15) is 0 Å². The van der Waals surface area contributed by atoms with Crippen molar-refractivity contribution in [2.45, 2.75) is 24.9 Å². The van der Waals surface area contributed by atoms with E-state index in [-0.39, 0.29) is 25.4 Å². The molecule has 2 fully saturated rings. The highest BCUT2D eigenvalue weighted by Crippen LogP contribution is 2.29. The van der Waals surface area contributed by atoms with Gasteiger partial charge in [-0.25, -0.2) is 8.78 Å². The zero-order chi connectivity index (χ0) is 19.6. The Morgan fingerprint density at radius 3 is 2.63 bits per heavy atom. The van der Waals surface area contributed by atoms with Crippen LogP contribution >= 0.6 is 0 Å². The van der Waals surface area contributed by atoms with Gasteiger partial charge in [0, 0.05) is 26.1 Å². The molecule has 2 aliphatic rings. The highest BCUT2D eigenvalue weighted by Gasteiger charge is 2.50. The van der Waals surface area contributed by atoms with Crippen molar-refractivity contribution in [2.75, 3.05) is 19.6 Å². The number of nitrogens with one attached hydrogen (secondary N) is 1. The number of hydrogen-bond acceptors (Lipinski definition) is 3. The average Bonchev–Trinajstić information content (AvgIpc) is 3.15. The minimum atomic E-state index is -3.22. The van der Waals surface area contributed by atoms with Crippen molar-refractivity contribution in [2.24, 2.45) is 5.92 Å². The first kappa shape index (κ1) is 19.0. The molecule has 1 aromatic rings. The summed E-state index contributed by atoms with van der Waals surface area (Å²) < 4.78 is 28.2. The maximum atomic E-state index is 14.1. The summed E-state index contributed by atoms with van der Waals surface area (Å²) in [6, 6.07) is 7.88. The fourth-order valence-electron chi connectivity index (χ4n) is 3.43. The topological polar surface area (TPSA) is 69.7 Å². The maximum absolute atomic E-state index is 14.1. The third-order valence-corrected chi connectivity index (χ3v) is 4.92. The molecule has 0 saturated carbocycles. The SMILES string of the molecule is C=CC(=O)N1CC(NC(=O)[C@@H]2CC(=O)N(Cc3ccccc3)C2)C(F)(F)C1. The van der Waals surface area contributed by atoms with Gasteiger partial charge in [-0.05, 0) is 11.6 Å². The lowest BCUT2D eigenvalue weighted by Gasteiger charge is -2.21. The second-order valence-electron chi connectivity index (χ2n) is 6.91. The van der Waals surface area contributed by atoms with E-state index in [4.69, 9.17) is 0 Å². The van der Waals surface area contributed by atoms with Gasteiger partial charge in [0.05, 0.1) is 12.5 Å². The lowest BCUT2D eigenvalue weighted by atomic mass is 10.1. The number of benzene rings is 1. The highest BCUT2D eigenvalue weighted by molar-refractivity contribution is 5.90. The van der Waals surface area contributed by atoms with Crippen LogP contribution in [0.1, 0.15) is 12.0 Å². The zero-order valence-corrected chi connectivity index (χ0v) is 14.7. The van der Waals surface area contributed by atoms with E-state index >= 15 is 0 Å². The Morgan fingerprint density at radius 1 is 1.26 bits per heavy atom. The monoisotopic (exact) mass is 377 g/mol. The Labute approximate surface area is 155 Å². The molecule has 6 nitrogen and oxygen atoms in total. The van der Waals surface area contributed by atoms with E-state index in [2.05, 4.69) is 11.9 Å². The number of nitrogens with zero attached hydrogens (tertiary/aromatic N) is 2. The van der Waals surface area contributed by atoms with Crippen LogP contribution < -0.4 is 5.32 Å². The van der Waals surface area contributed by atoms with E-state index in [9.17, 15) is 23.2 Å². The largest absolute Gasteiger partial charge is 0.345 e. The molecular formula is C19H21F2N3O3. The number of hydrogen-bond donors (Lipinski definition) is 1. The molecule has 1 aromatic carbocycles. The Bertz CT molecular complexity index is 754. The number of carbonyl (C=O) groups excluding carboxylic acids is 3. The molecule has 2 heterocycles. The van der Waals surface area contributed by atoms with Crippen LogP contribution in [0.5, 0.6) is 0 Å². The summed E-state index contributed by atoms with van der Waals surface area (Å²) in [6.45, 7) is 2.82. The Morgan fingerprint density at radius 2 is 1.96 bits per heavy atom. The number of alkyl halides is 2. The average molecular weight is 377 g/mol. The highest BCUT2D eigenvalue weighted by atomic mass is 19.3. The number of amides is 3. The van der Waals surface area contributed by atoms with Crippen LogP contribution in [0, 0.1) is 5.92 Å². The molecule has 2 saturated heterocycles. The summed E-state index contributed by atoms with van der Waals surface area (Å²) in [6.07, 6.45) is 0.962. The second kappa shape index (κ2) is 7.46. The van der Waals surface area contributed by atoms with Gasteiger partial charge in [0.1, 0.15) is 6.04 Å². The molecule has 2 aliphatic heterocycles. The molecule has 3 rings (SSSR count). The van der Waals surface area contributed by atoms with Crippen molar-refractivity contribution in [3.8, 4) is 0 Å². The van der Waals surface area contributed by atoms with Gasteiger partial charge in [-0.15, -0.1) is 0 Å². The smallest absolute Gasteiger partial charge is 0.286 e. The number of halogens is 2. The first-order chi connectivity index (χ1) is 12.8. The van der Waals surface area contributed by atoms with Crippen LogP contribution in [0.3, 0.4) is 0 Å². The van der Waals surface area contributed by atoms with Crippen LogP contribution in [0.2, 0.25) is 0 Å². The van der Waals surface area contributed by atoms with Crippen LogP contribution in [0.25, 0.3) is 0 Å². The van der Waals surface area contributed by atoms with Crippen LogP contribution in [0.15, 0.2) is 43.0 Å². The van der Waals surface area contributed by atoms with E-state index in [1.54, 1.807) is 4.90 Å². The standard InChI is InChI=1S/C19H21F2N3O3/c1-2-16(25)24-11-15(19(20,21)12-24)22-18(27)14-8-17(26)23(10-14)9-13-6-4-3-5-7-13/h2-7,14-15H,1,8-12H2,(H,22,27)/t14-,15?/m1/s1. The van der Waals surface area contributed by atoms with E-state index in [0.29, 0.717) is 6.54 Å². The quantitative estimate of drug-likeness (QED) is 0.784. The zero-order valence-electron chi connectivity index (χ0n) is 14.7. The maximum Gasteiger partial charge on any atom is 0.286 e. The van der Waals surface area contributed by atoms with Gasteiger partial charge in [-0.3, -0.25) is 14.4 Å². The third-order valence-electron chi connectivity index (χ3n) is 4.92. The van der Waals surface area contributed by atoms with Crippen molar-refractivity contribution in [1.29, 1.82) is 0 Å². The molecule has 0 spiro atoms. The fraction of sp³-hybridized carbons (Fsp3) is 0.421. The summed E-state index contributed by atoms with van der Waals surface area (Å²) in [5, 5.41) is 2.33. The van der Waals surface area contributed by atoms with Gasteiger partial charge in [0.25, 0.3) is 5.92 Å². The van der Waals surface area contributed by atoms with Gasteiger partial charge < -0.3 is 15.1 Å². The molecule has 3 amide bonds. The van der Waals surface area contributed by atoms with Crippen LogP contribution in [-0.4, -0.2) is 59.1 Å². The van der Waals surface area contributed by atoms with E-state index in [0.717, 1.165) is 16.5 Å². The molecule has 27 heavy (non-hydrogen) atoms. The molecule has 0 aliphatic carbocycles. The van der Waals surface area contributed by atoms with Crippen molar-refractivity contribution < 1.29 is 23.2 Å². The molecule has 1 N–H and O–H groups in total. The summed E-state index contributed by atoms with van der Waals surface area (Å²) in [5.41, 5.74) is 0.938. The molecule has 0 aromatic heterocycles. The molecule has 144 valence electrons. The number of rotatable bonds is 5. The Hall–Kier alpha value is -2.77. The van der Waals surface area contributed by atoms with E-state index in [1.165, 1.54) is 0 Å². The van der Waals surface area contributed by atoms with Crippen molar-refractivity contribution in [3.05, 3.63) is 48.6 Å². The van der Waals surface area contributed by atoms with Crippen molar-refractivity contribution in [1.82, 2.24) is 15.1 Å². The summed E-state index contributed by atoms with van der Waals surface area (Å²) in [5.74, 6) is -5.27.